The van der Waals surface area contributed by atoms with Crippen LogP contribution < -0.4 is 5.32 Å². The van der Waals surface area contributed by atoms with Gasteiger partial charge in [0.2, 0.25) is 5.91 Å². The van der Waals surface area contributed by atoms with Gasteiger partial charge in [-0.15, -0.1) is 11.3 Å². The molecular weight excluding hydrogens is 244 g/mol. The maximum atomic E-state index is 12.5. The topological polar surface area (TPSA) is 32.3 Å². The summed E-state index contributed by atoms with van der Waals surface area (Å²) >= 11 is 1.72. The highest BCUT2D eigenvalue weighted by molar-refractivity contribution is 7.09. The van der Waals surface area contributed by atoms with Gasteiger partial charge in [-0.1, -0.05) is 13.0 Å². The number of piperidine rings is 1. The number of nitrogens with one attached hydrogen (secondary N) is 1. The number of hydrogen-bond donors (Lipinski definition) is 1. The molecule has 1 aliphatic heterocycles. The molecule has 0 bridgehead atoms. The number of amides is 1. The van der Waals surface area contributed by atoms with Gasteiger partial charge in [0.25, 0.3) is 0 Å². The average molecular weight is 266 g/mol. The molecule has 2 rings (SSSR count). The fourth-order valence-corrected chi connectivity index (χ4v) is 3.23. The first-order valence-corrected chi connectivity index (χ1v) is 7.65. The van der Waals surface area contributed by atoms with E-state index in [1.807, 2.05) is 11.0 Å². The first-order valence-electron chi connectivity index (χ1n) is 6.77. The van der Waals surface area contributed by atoms with E-state index in [0.717, 1.165) is 26.1 Å². The summed E-state index contributed by atoms with van der Waals surface area (Å²) in [5.74, 6) is 0.710. The summed E-state index contributed by atoms with van der Waals surface area (Å²) in [5.41, 5.74) is 0. The van der Waals surface area contributed by atoms with E-state index >= 15 is 0 Å². The van der Waals surface area contributed by atoms with Crippen LogP contribution in [0.2, 0.25) is 0 Å². The summed E-state index contributed by atoms with van der Waals surface area (Å²) in [7, 11) is 0. The molecule has 3 nitrogen and oxygen atoms in total. The van der Waals surface area contributed by atoms with Crippen LogP contribution in [-0.4, -0.2) is 29.9 Å². The van der Waals surface area contributed by atoms with Crippen molar-refractivity contribution in [2.75, 3.05) is 13.1 Å². The van der Waals surface area contributed by atoms with E-state index < -0.39 is 0 Å². The highest BCUT2D eigenvalue weighted by atomic mass is 32.1. The molecule has 1 aliphatic rings. The van der Waals surface area contributed by atoms with Crippen molar-refractivity contribution < 1.29 is 4.79 Å². The lowest BCUT2D eigenvalue weighted by atomic mass is 9.92. The maximum absolute atomic E-state index is 12.5. The molecule has 1 aromatic heterocycles. The van der Waals surface area contributed by atoms with Crippen molar-refractivity contribution in [3.8, 4) is 0 Å². The Labute approximate surface area is 113 Å². The molecule has 0 saturated carbocycles. The Morgan fingerprint density at radius 3 is 3.06 bits per heavy atom. The van der Waals surface area contributed by atoms with Gasteiger partial charge in [0, 0.05) is 11.4 Å². The highest BCUT2D eigenvalue weighted by Gasteiger charge is 2.30. The van der Waals surface area contributed by atoms with Crippen molar-refractivity contribution in [3.05, 3.63) is 22.4 Å². The molecule has 2 heterocycles. The average Bonchev–Trinajstić information content (AvgIpc) is 2.88. The zero-order valence-corrected chi connectivity index (χ0v) is 12.0. The van der Waals surface area contributed by atoms with E-state index in [2.05, 4.69) is 30.6 Å². The Hall–Kier alpha value is -0.870. The zero-order chi connectivity index (χ0) is 13.0. The van der Waals surface area contributed by atoms with Gasteiger partial charge in [-0.25, -0.2) is 0 Å². The minimum Gasteiger partial charge on any atom is -0.336 e. The van der Waals surface area contributed by atoms with Crippen LogP contribution in [0.3, 0.4) is 0 Å². The number of rotatable bonds is 4. The molecule has 0 radical (unpaired) electrons. The number of nitrogens with zero attached hydrogens (tertiary/aromatic N) is 1. The van der Waals surface area contributed by atoms with Crippen LogP contribution in [0.4, 0.5) is 0 Å². The molecule has 4 heteroatoms. The molecule has 18 heavy (non-hydrogen) atoms. The quantitative estimate of drug-likeness (QED) is 0.908. The van der Waals surface area contributed by atoms with Crippen LogP contribution in [0.1, 0.15) is 31.6 Å². The van der Waals surface area contributed by atoms with Crippen LogP contribution in [0.5, 0.6) is 0 Å². The molecule has 2 atom stereocenters. The number of carbonyl (C=O) groups is 1. The second-order valence-electron chi connectivity index (χ2n) is 4.98. The van der Waals surface area contributed by atoms with Crippen LogP contribution in [0, 0.1) is 5.92 Å². The van der Waals surface area contributed by atoms with Crippen molar-refractivity contribution >= 4 is 17.2 Å². The van der Waals surface area contributed by atoms with Gasteiger partial charge < -0.3 is 10.2 Å². The van der Waals surface area contributed by atoms with Gasteiger partial charge in [0.15, 0.2) is 0 Å². The monoisotopic (exact) mass is 266 g/mol. The minimum absolute atomic E-state index is 0.0127. The SMILES string of the molecule is CCN(Cc1cccs1)C(=O)C1NCCCC1C. The Morgan fingerprint density at radius 2 is 2.44 bits per heavy atom. The van der Waals surface area contributed by atoms with Crippen molar-refractivity contribution in [3.63, 3.8) is 0 Å². The Morgan fingerprint density at radius 1 is 1.61 bits per heavy atom. The normalized spacial score (nSPS) is 23.9. The highest BCUT2D eigenvalue weighted by Crippen LogP contribution is 2.19. The van der Waals surface area contributed by atoms with E-state index in [-0.39, 0.29) is 11.9 Å². The van der Waals surface area contributed by atoms with Crippen molar-refractivity contribution in [2.45, 2.75) is 39.3 Å². The van der Waals surface area contributed by atoms with Crippen molar-refractivity contribution in [1.82, 2.24) is 10.2 Å². The summed E-state index contributed by atoms with van der Waals surface area (Å²) < 4.78 is 0. The van der Waals surface area contributed by atoms with Gasteiger partial charge in [-0.05, 0) is 43.7 Å². The predicted molar refractivity (Wildman–Crippen MR) is 75.6 cm³/mol. The first-order chi connectivity index (χ1) is 8.72. The second kappa shape index (κ2) is 6.34. The summed E-state index contributed by atoms with van der Waals surface area (Å²) in [6.07, 6.45) is 2.34. The zero-order valence-electron chi connectivity index (χ0n) is 11.2. The Balaban J connectivity index is 2.00. The van der Waals surface area contributed by atoms with Gasteiger partial charge in [-0.3, -0.25) is 4.79 Å². The van der Waals surface area contributed by atoms with Gasteiger partial charge in [0.1, 0.15) is 0 Å². The van der Waals surface area contributed by atoms with E-state index in [0.29, 0.717) is 5.92 Å². The van der Waals surface area contributed by atoms with Crippen molar-refractivity contribution in [1.29, 1.82) is 0 Å². The van der Waals surface area contributed by atoms with Crippen LogP contribution in [0.15, 0.2) is 17.5 Å². The maximum Gasteiger partial charge on any atom is 0.240 e. The molecule has 0 aliphatic carbocycles. The number of carbonyl (C=O) groups excluding carboxylic acids is 1. The number of hydrogen-bond acceptors (Lipinski definition) is 3. The van der Waals surface area contributed by atoms with Crippen LogP contribution in [0.25, 0.3) is 0 Å². The van der Waals surface area contributed by atoms with E-state index in [1.54, 1.807) is 11.3 Å². The standard InChI is InChI=1S/C14H22N2OS/c1-3-16(10-12-7-5-9-18-12)14(17)13-11(2)6-4-8-15-13/h5,7,9,11,13,15H,3-4,6,8,10H2,1-2H3. The number of likely N-dealkylation sites (N-methyl/N-ethyl adjacent to an activating group) is 1. The molecule has 1 N–H and O–H groups in total. The van der Waals surface area contributed by atoms with E-state index in [9.17, 15) is 4.79 Å². The molecular formula is C14H22N2OS. The Bertz CT molecular complexity index is 377. The largest absolute Gasteiger partial charge is 0.336 e. The molecule has 1 aromatic rings. The van der Waals surface area contributed by atoms with Crippen molar-refractivity contribution in [2.24, 2.45) is 5.92 Å². The summed E-state index contributed by atoms with van der Waals surface area (Å²) in [6, 6.07) is 4.15. The Kier molecular flexibility index (Phi) is 4.78. The lowest BCUT2D eigenvalue weighted by Crippen LogP contribution is -2.52. The van der Waals surface area contributed by atoms with E-state index in [4.69, 9.17) is 0 Å². The molecule has 0 aromatic carbocycles. The van der Waals surface area contributed by atoms with Gasteiger partial charge in [-0.2, -0.15) is 0 Å². The molecule has 1 fully saturated rings. The summed E-state index contributed by atoms with van der Waals surface area (Å²) in [5, 5.41) is 5.44. The number of thiophene rings is 1. The molecule has 2 unspecified atom stereocenters. The summed E-state index contributed by atoms with van der Waals surface area (Å²) in [6.45, 7) is 6.73. The molecule has 100 valence electrons. The molecule has 1 amide bonds. The third kappa shape index (κ3) is 3.12. The fourth-order valence-electron chi connectivity index (χ4n) is 2.51. The lowest BCUT2D eigenvalue weighted by molar-refractivity contribution is -0.135. The van der Waals surface area contributed by atoms with Crippen LogP contribution >= 0.6 is 11.3 Å². The predicted octanol–water partition coefficient (Wildman–Crippen LogP) is 2.48. The lowest BCUT2D eigenvalue weighted by Gasteiger charge is -2.33. The van der Waals surface area contributed by atoms with Crippen LogP contribution in [-0.2, 0) is 11.3 Å². The molecule has 1 saturated heterocycles. The molecule has 0 spiro atoms. The second-order valence-corrected chi connectivity index (χ2v) is 6.02. The van der Waals surface area contributed by atoms with Gasteiger partial charge in [0.05, 0.1) is 12.6 Å². The third-order valence-electron chi connectivity index (χ3n) is 3.66. The first kappa shape index (κ1) is 13.6. The van der Waals surface area contributed by atoms with Gasteiger partial charge >= 0.3 is 0 Å². The minimum atomic E-state index is 0.0127. The third-order valence-corrected chi connectivity index (χ3v) is 4.52. The fraction of sp³-hybridized carbons (Fsp3) is 0.643. The summed E-state index contributed by atoms with van der Waals surface area (Å²) in [4.78, 5) is 15.8. The smallest absolute Gasteiger partial charge is 0.240 e. The van der Waals surface area contributed by atoms with E-state index in [1.165, 1.54) is 11.3 Å².